The monoisotopic (exact) mass is 458 g/mol. The van der Waals surface area contributed by atoms with Crippen LogP contribution in [0.15, 0.2) is 59.4 Å². The first-order chi connectivity index (χ1) is 15.4. The molecule has 33 heavy (non-hydrogen) atoms. The SMILES string of the molecule is C=C(C)C(=O)O[C@@H]1[C@H]2C(=C)C(=O)O[C@H]2/C=C(\CO)C2=CC(=O)[C@@](C)(O2)[C@H]1OC(=O)/C(C)=C/C. The third-order valence-electron chi connectivity index (χ3n) is 5.96. The van der Waals surface area contributed by atoms with Crippen molar-refractivity contribution in [1.29, 1.82) is 0 Å². The van der Waals surface area contributed by atoms with E-state index in [1.54, 1.807) is 6.92 Å². The summed E-state index contributed by atoms with van der Waals surface area (Å²) in [6, 6.07) is 0. The molecule has 1 saturated heterocycles. The van der Waals surface area contributed by atoms with Crippen molar-refractivity contribution in [3.05, 3.63) is 59.4 Å². The Morgan fingerprint density at radius 3 is 2.48 bits per heavy atom. The van der Waals surface area contributed by atoms with Gasteiger partial charge in [0.25, 0.3) is 0 Å². The lowest BCUT2D eigenvalue weighted by molar-refractivity contribution is -0.191. The lowest BCUT2D eigenvalue weighted by atomic mass is 9.80. The maximum Gasteiger partial charge on any atom is 0.334 e. The van der Waals surface area contributed by atoms with Crippen LogP contribution >= 0.6 is 0 Å². The molecule has 1 fully saturated rings. The van der Waals surface area contributed by atoms with Gasteiger partial charge in [-0.05, 0) is 33.8 Å². The van der Waals surface area contributed by atoms with E-state index in [1.807, 2.05) is 0 Å². The topological polar surface area (TPSA) is 125 Å². The van der Waals surface area contributed by atoms with Crippen LogP contribution in [0.2, 0.25) is 0 Å². The number of esters is 3. The van der Waals surface area contributed by atoms with E-state index in [0.29, 0.717) is 0 Å². The van der Waals surface area contributed by atoms with Crippen molar-refractivity contribution in [2.45, 2.75) is 51.6 Å². The number of ether oxygens (including phenoxy) is 4. The summed E-state index contributed by atoms with van der Waals surface area (Å²) in [5.74, 6) is -3.91. The summed E-state index contributed by atoms with van der Waals surface area (Å²) in [7, 11) is 0. The number of aliphatic hydroxyl groups is 1. The van der Waals surface area contributed by atoms with E-state index in [1.165, 1.54) is 32.9 Å². The quantitative estimate of drug-likeness (QED) is 0.372. The van der Waals surface area contributed by atoms with Crippen LogP contribution < -0.4 is 0 Å². The van der Waals surface area contributed by atoms with E-state index in [9.17, 15) is 24.3 Å². The summed E-state index contributed by atoms with van der Waals surface area (Å²) < 4.78 is 22.7. The molecule has 0 amide bonds. The average molecular weight is 458 g/mol. The van der Waals surface area contributed by atoms with Crippen LogP contribution in [0, 0.1) is 5.92 Å². The molecule has 176 valence electrons. The lowest BCUT2D eigenvalue weighted by Crippen LogP contribution is -2.57. The highest BCUT2D eigenvalue weighted by Gasteiger charge is 2.60. The molecule has 3 rings (SSSR count). The zero-order chi connectivity index (χ0) is 24.7. The van der Waals surface area contributed by atoms with Gasteiger partial charge in [-0.2, -0.15) is 0 Å². The number of hydrogen-bond acceptors (Lipinski definition) is 9. The molecular formula is C24H26O9. The number of carbonyl (C=O) groups excluding carboxylic acids is 4. The molecule has 3 aliphatic rings. The van der Waals surface area contributed by atoms with Gasteiger partial charge >= 0.3 is 17.9 Å². The third-order valence-corrected chi connectivity index (χ3v) is 5.96. The smallest absolute Gasteiger partial charge is 0.334 e. The molecule has 0 aromatic rings. The maximum atomic E-state index is 13.1. The van der Waals surface area contributed by atoms with E-state index in [2.05, 4.69) is 13.2 Å². The Kier molecular flexibility index (Phi) is 6.46. The molecule has 0 aromatic carbocycles. The molecule has 2 bridgehead atoms. The molecule has 0 spiro atoms. The fourth-order valence-corrected chi connectivity index (χ4v) is 3.83. The van der Waals surface area contributed by atoms with E-state index in [-0.39, 0.29) is 28.1 Å². The number of carbonyl (C=O) groups is 4. The first-order valence-corrected chi connectivity index (χ1v) is 10.3. The molecule has 9 nitrogen and oxygen atoms in total. The van der Waals surface area contributed by atoms with Crippen molar-refractivity contribution in [3.63, 3.8) is 0 Å². The fraction of sp³-hybridized carbons (Fsp3) is 0.417. The molecular weight excluding hydrogens is 432 g/mol. The first-order valence-electron chi connectivity index (χ1n) is 10.3. The minimum atomic E-state index is -1.83. The van der Waals surface area contributed by atoms with Crippen LogP contribution in [-0.2, 0) is 38.1 Å². The molecule has 1 N–H and O–H groups in total. The van der Waals surface area contributed by atoms with Gasteiger partial charge in [-0.3, -0.25) is 4.79 Å². The Hall–Kier alpha value is -3.46. The zero-order valence-corrected chi connectivity index (χ0v) is 18.9. The van der Waals surface area contributed by atoms with Crippen molar-refractivity contribution in [2.75, 3.05) is 6.61 Å². The van der Waals surface area contributed by atoms with E-state index < -0.39 is 60.1 Å². The second kappa shape index (κ2) is 8.82. The minimum absolute atomic E-state index is 0.0352. The van der Waals surface area contributed by atoms with Crippen molar-refractivity contribution in [2.24, 2.45) is 5.92 Å². The number of ketones is 1. The summed E-state index contributed by atoms with van der Waals surface area (Å²) in [6.07, 6.45) is 0.174. The summed E-state index contributed by atoms with van der Waals surface area (Å²) in [5, 5.41) is 9.89. The Morgan fingerprint density at radius 2 is 1.91 bits per heavy atom. The van der Waals surface area contributed by atoms with Crippen molar-refractivity contribution >= 4 is 23.7 Å². The Labute approximate surface area is 191 Å². The predicted octanol–water partition coefficient (Wildman–Crippen LogP) is 1.62. The minimum Gasteiger partial charge on any atom is -0.475 e. The van der Waals surface area contributed by atoms with Gasteiger partial charge in [-0.1, -0.05) is 19.2 Å². The standard InChI is InChI=1S/C24H26O9/c1-7-12(4)22(28)32-20-19(31-21(27)11(2)3)18-13(5)23(29)30-16(18)8-14(10-25)15-9-17(26)24(20,6)33-15/h7-9,16,18-20,25H,2,5,10H2,1,3-4,6H3/b12-7+,14-8+/t16-,18-,19+,20-,24+/m0/s1. The normalized spacial score (nSPS) is 32.8. The van der Waals surface area contributed by atoms with Gasteiger partial charge in [0.05, 0.1) is 12.5 Å². The molecule has 9 heteroatoms. The second-order valence-corrected chi connectivity index (χ2v) is 8.30. The van der Waals surface area contributed by atoms with Gasteiger partial charge in [-0.25, -0.2) is 14.4 Å². The summed E-state index contributed by atoms with van der Waals surface area (Å²) in [6.45, 7) is 12.8. The predicted molar refractivity (Wildman–Crippen MR) is 114 cm³/mol. The van der Waals surface area contributed by atoms with E-state index in [0.717, 1.165) is 6.08 Å². The molecule has 3 heterocycles. The highest BCUT2D eigenvalue weighted by atomic mass is 16.6. The molecule has 0 aliphatic carbocycles. The van der Waals surface area contributed by atoms with Crippen LogP contribution in [0.1, 0.15) is 27.7 Å². The van der Waals surface area contributed by atoms with Crippen LogP contribution in [0.4, 0.5) is 0 Å². The van der Waals surface area contributed by atoms with Crippen molar-refractivity contribution in [1.82, 2.24) is 0 Å². The molecule has 0 radical (unpaired) electrons. The number of allylic oxidation sites excluding steroid dienone is 1. The lowest BCUT2D eigenvalue weighted by Gasteiger charge is -2.39. The zero-order valence-electron chi connectivity index (χ0n) is 18.9. The highest BCUT2D eigenvalue weighted by Crippen LogP contribution is 2.44. The van der Waals surface area contributed by atoms with Gasteiger partial charge in [0, 0.05) is 28.4 Å². The van der Waals surface area contributed by atoms with Crippen LogP contribution in [0.25, 0.3) is 0 Å². The van der Waals surface area contributed by atoms with Gasteiger partial charge in [-0.15, -0.1) is 0 Å². The van der Waals surface area contributed by atoms with Gasteiger partial charge < -0.3 is 24.1 Å². The van der Waals surface area contributed by atoms with E-state index in [4.69, 9.17) is 18.9 Å². The molecule has 0 aromatic heterocycles. The number of aliphatic hydroxyl groups excluding tert-OH is 1. The van der Waals surface area contributed by atoms with Crippen molar-refractivity contribution in [3.8, 4) is 0 Å². The molecule has 3 aliphatic heterocycles. The summed E-state index contributed by atoms with van der Waals surface area (Å²) in [5.41, 5.74) is -1.39. The molecule has 0 unspecified atom stereocenters. The largest absolute Gasteiger partial charge is 0.475 e. The Bertz CT molecular complexity index is 1040. The van der Waals surface area contributed by atoms with Crippen molar-refractivity contribution < 1.29 is 43.2 Å². The van der Waals surface area contributed by atoms with Gasteiger partial charge in [0.1, 0.15) is 11.9 Å². The maximum absolute atomic E-state index is 13.1. The van der Waals surface area contributed by atoms with Gasteiger partial charge in [0.2, 0.25) is 11.4 Å². The number of fused-ring (bicyclic) bond motifs is 3. The average Bonchev–Trinajstić information content (AvgIpc) is 3.23. The van der Waals surface area contributed by atoms with Crippen LogP contribution in [-0.4, -0.2) is 59.3 Å². The van der Waals surface area contributed by atoms with E-state index >= 15 is 0 Å². The highest BCUT2D eigenvalue weighted by molar-refractivity contribution is 6.01. The number of hydrogen-bond donors (Lipinski definition) is 1. The van der Waals surface area contributed by atoms with Crippen LogP contribution in [0.5, 0.6) is 0 Å². The summed E-state index contributed by atoms with van der Waals surface area (Å²) in [4.78, 5) is 50.9. The van der Waals surface area contributed by atoms with Crippen LogP contribution in [0.3, 0.4) is 0 Å². The Morgan fingerprint density at radius 1 is 1.24 bits per heavy atom. The molecule has 5 atom stereocenters. The van der Waals surface area contributed by atoms with Gasteiger partial charge in [0.15, 0.2) is 12.2 Å². The third kappa shape index (κ3) is 4.16. The molecule has 0 saturated carbocycles. The fourth-order valence-electron chi connectivity index (χ4n) is 3.83. The first kappa shape index (κ1) is 24.2. The summed E-state index contributed by atoms with van der Waals surface area (Å²) >= 11 is 0. The Balaban J connectivity index is 2.24. The number of rotatable bonds is 5. The second-order valence-electron chi connectivity index (χ2n) is 8.30.